The number of carboxylic acid groups (broad SMARTS) is 1. The number of hydrogen-bond donors (Lipinski definition) is 3. The Hall–Kier alpha value is -2.17. The molecule has 0 amide bonds. The van der Waals surface area contributed by atoms with Gasteiger partial charge in [0.2, 0.25) is 10.0 Å². The first-order chi connectivity index (χ1) is 10.3. The van der Waals surface area contributed by atoms with Crippen molar-refractivity contribution in [2.45, 2.75) is 23.5 Å². The van der Waals surface area contributed by atoms with Crippen LogP contribution < -0.4 is 5.76 Å². The number of oxazole rings is 1. The van der Waals surface area contributed by atoms with Crippen molar-refractivity contribution in [3.8, 4) is 0 Å². The van der Waals surface area contributed by atoms with Gasteiger partial charge in [0.25, 0.3) is 0 Å². The second kappa shape index (κ2) is 4.93. The van der Waals surface area contributed by atoms with Gasteiger partial charge < -0.3 is 14.6 Å². The number of rotatable bonds is 3. The van der Waals surface area contributed by atoms with Crippen molar-refractivity contribution < 1.29 is 27.8 Å². The molecule has 0 aliphatic carbocycles. The van der Waals surface area contributed by atoms with E-state index >= 15 is 0 Å². The number of nitrogens with zero attached hydrogens (tertiary/aromatic N) is 1. The highest BCUT2D eigenvalue weighted by Gasteiger charge is 2.43. The Balaban J connectivity index is 2.07. The summed E-state index contributed by atoms with van der Waals surface area (Å²) < 4.78 is 30.7. The van der Waals surface area contributed by atoms with Gasteiger partial charge in [-0.15, -0.1) is 0 Å². The average Bonchev–Trinajstić information content (AvgIpc) is 2.99. The van der Waals surface area contributed by atoms with Crippen molar-refractivity contribution in [2.24, 2.45) is 0 Å². The molecule has 0 bridgehead atoms. The summed E-state index contributed by atoms with van der Waals surface area (Å²) in [6.45, 7) is -0.297. The minimum absolute atomic E-state index is 0.0534. The molecule has 10 heteroatoms. The molecule has 0 spiro atoms. The van der Waals surface area contributed by atoms with Crippen molar-refractivity contribution in [3.05, 3.63) is 28.7 Å². The molecule has 2 aromatic rings. The van der Waals surface area contributed by atoms with Gasteiger partial charge in [0.15, 0.2) is 5.58 Å². The number of fused-ring (bicyclic) bond motifs is 1. The summed E-state index contributed by atoms with van der Waals surface area (Å²) in [4.78, 5) is 24.4. The van der Waals surface area contributed by atoms with Crippen LogP contribution in [0.3, 0.4) is 0 Å². The number of aliphatic carboxylic acids is 1. The fraction of sp³-hybridized carbons (Fsp3) is 0.333. The highest BCUT2D eigenvalue weighted by Crippen LogP contribution is 2.28. The standard InChI is InChI=1S/C12H12N2O7S/c15-6-3-9(11(16)17)14(5-6)22(19,20)7-1-2-8-10(4-7)21-12(18)13-8/h1-2,4,6,9,15H,3,5H2,(H,13,18)(H,16,17)/t6?,9-/m0/s1. The molecule has 1 aromatic heterocycles. The van der Waals surface area contributed by atoms with Gasteiger partial charge in [-0.25, -0.2) is 13.2 Å². The predicted octanol–water partition coefficient (Wildman–Crippen LogP) is -0.670. The van der Waals surface area contributed by atoms with Crippen LogP contribution in [0.1, 0.15) is 6.42 Å². The van der Waals surface area contributed by atoms with E-state index < -0.39 is 33.9 Å². The Morgan fingerprint density at radius 3 is 2.82 bits per heavy atom. The lowest BCUT2D eigenvalue weighted by Gasteiger charge is -2.20. The summed E-state index contributed by atoms with van der Waals surface area (Å²) in [5.74, 6) is -2.04. The number of benzene rings is 1. The summed E-state index contributed by atoms with van der Waals surface area (Å²) in [5, 5.41) is 18.7. The van der Waals surface area contributed by atoms with Crippen molar-refractivity contribution in [1.29, 1.82) is 0 Å². The summed E-state index contributed by atoms with van der Waals surface area (Å²) in [5.41, 5.74) is 0.387. The van der Waals surface area contributed by atoms with E-state index in [-0.39, 0.29) is 23.4 Å². The second-order valence-electron chi connectivity index (χ2n) is 4.99. The summed E-state index contributed by atoms with van der Waals surface area (Å²) in [7, 11) is -4.13. The number of aliphatic hydroxyl groups excluding tert-OH is 1. The van der Waals surface area contributed by atoms with E-state index in [1.807, 2.05) is 0 Å². The van der Waals surface area contributed by atoms with Crippen molar-refractivity contribution in [2.75, 3.05) is 6.54 Å². The lowest BCUT2D eigenvalue weighted by molar-refractivity contribution is -0.140. The van der Waals surface area contributed by atoms with E-state index in [1.165, 1.54) is 12.1 Å². The fourth-order valence-corrected chi connectivity index (χ4v) is 4.14. The molecule has 1 unspecified atom stereocenters. The third-order valence-corrected chi connectivity index (χ3v) is 5.39. The lowest BCUT2D eigenvalue weighted by Crippen LogP contribution is -2.40. The minimum atomic E-state index is -4.13. The number of β-amino-alcohol motifs (C(OH)–C–C–N with tert-alkyl or cyclic N) is 1. The molecule has 3 rings (SSSR count). The lowest BCUT2D eigenvalue weighted by atomic mass is 10.2. The van der Waals surface area contributed by atoms with Crippen LogP contribution in [0.5, 0.6) is 0 Å². The van der Waals surface area contributed by atoms with Crippen LogP contribution in [0.4, 0.5) is 0 Å². The van der Waals surface area contributed by atoms with Crippen LogP contribution in [0.2, 0.25) is 0 Å². The number of carboxylic acids is 1. The molecule has 2 atom stereocenters. The molecule has 0 radical (unpaired) electrons. The Bertz CT molecular complexity index is 898. The molecule has 0 saturated carbocycles. The maximum atomic E-state index is 12.6. The topological polar surface area (TPSA) is 141 Å². The number of sulfonamides is 1. The van der Waals surface area contributed by atoms with Gasteiger partial charge in [0.05, 0.1) is 16.5 Å². The summed E-state index contributed by atoms with van der Waals surface area (Å²) in [6.07, 6.45) is -1.21. The Kier molecular flexibility index (Phi) is 3.31. The molecular formula is C12H12N2O7S. The molecule has 1 aromatic carbocycles. The summed E-state index contributed by atoms with van der Waals surface area (Å²) >= 11 is 0. The molecular weight excluding hydrogens is 316 g/mol. The second-order valence-corrected chi connectivity index (χ2v) is 6.88. The van der Waals surface area contributed by atoms with Gasteiger partial charge in [-0.2, -0.15) is 4.31 Å². The first-order valence-electron chi connectivity index (χ1n) is 6.34. The Morgan fingerprint density at radius 1 is 1.41 bits per heavy atom. The average molecular weight is 328 g/mol. The van der Waals surface area contributed by atoms with E-state index in [1.54, 1.807) is 0 Å². The molecule has 22 heavy (non-hydrogen) atoms. The van der Waals surface area contributed by atoms with Crippen molar-refractivity contribution in [1.82, 2.24) is 9.29 Å². The maximum Gasteiger partial charge on any atom is 0.417 e. The third kappa shape index (κ3) is 2.30. The highest BCUT2D eigenvalue weighted by molar-refractivity contribution is 7.89. The van der Waals surface area contributed by atoms with Gasteiger partial charge in [0, 0.05) is 19.0 Å². The third-order valence-electron chi connectivity index (χ3n) is 3.52. The zero-order chi connectivity index (χ0) is 16.1. The van der Waals surface area contributed by atoms with Crippen LogP contribution in [-0.2, 0) is 14.8 Å². The molecule has 1 aliphatic heterocycles. The van der Waals surface area contributed by atoms with E-state index in [4.69, 9.17) is 9.52 Å². The normalized spacial score (nSPS) is 23.1. The van der Waals surface area contributed by atoms with E-state index in [2.05, 4.69) is 4.98 Å². The number of aromatic nitrogens is 1. The molecule has 118 valence electrons. The van der Waals surface area contributed by atoms with Gasteiger partial charge in [-0.05, 0) is 12.1 Å². The quantitative estimate of drug-likeness (QED) is 0.678. The molecule has 1 fully saturated rings. The van der Waals surface area contributed by atoms with E-state index in [0.717, 1.165) is 10.4 Å². The minimum Gasteiger partial charge on any atom is -0.480 e. The van der Waals surface area contributed by atoms with Crippen LogP contribution in [0.25, 0.3) is 11.1 Å². The fourth-order valence-electron chi connectivity index (χ4n) is 2.50. The number of hydrogen-bond acceptors (Lipinski definition) is 6. The number of H-pyrrole nitrogens is 1. The van der Waals surface area contributed by atoms with Gasteiger partial charge >= 0.3 is 11.7 Å². The monoisotopic (exact) mass is 328 g/mol. The number of aromatic amines is 1. The SMILES string of the molecule is O=C(O)[C@@H]1CC(O)CN1S(=O)(=O)c1ccc2[nH]c(=O)oc2c1. The van der Waals surface area contributed by atoms with Crippen LogP contribution in [0, 0.1) is 0 Å². The summed E-state index contributed by atoms with van der Waals surface area (Å²) in [6, 6.07) is 2.42. The highest BCUT2D eigenvalue weighted by atomic mass is 32.2. The molecule has 9 nitrogen and oxygen atoms in total. The van der Waals surface area contributed by atoms with E-state index in [0.29, 0.717) is 5.52 Å². The first-order valence-corrected chi connectivity index (χ1v) is 7.78. The number of nitrogens with one attached hydrogen (secondary N) is 1. The Labute approximate surface area is 123 Å². The van der Waals surface area contributed by atoms with E-state index in [9.17, 15) is 23.1 Å². The van der Waals surface area contributed by atoms with Gasteiger partial charge in [0.1, 0.15) is 6.04 Å². The van der Waals surface area contributed by atoms with Crippen LogP contribution in [0.15, 0.2) is 32.3 Å². The van der Waals surface area contributed by atoms with Gasteiger partial charge in [-0.1, -0.05) is 0 Å². The van der Waals surface area contributed by atoms with Crippen LogP contribution >= 0.6 is 0 Å². The molecule has 3 N–H and O–H groups in total. The Morgan fingerprint density at radius 2 is 2.14 bits per heavy atom. The molecule has 2 heterocycles. The molecule has 1 saturated heterocycles. The van der Waals surface area contributed by atoms with Gasteiger partial charge in [-0.3, -0.25) is 9.78 Å². The van der Waals surface area contributed by atoms with Crippen molar-refractivity contribution in [3.63, 3.8) is 0 Å². The zero-order valence-electron chi connectivity index (χ0n) is 11.1. The predicted molar refractivity (Wildman–Crippen MR) is 72.8 cm³/mol. The maximum absolute atomic E-state index is 12.6. The largest absolute Gasteiger partial charge is 0.480 e. The number of aliphatic hydroxyl groups is 1. The zero-order valence-corrected chi connectivity index (χ0v) is 11.9. The van der Waals surface area contributed by atoms with Crippen LogP contribution in [-0.4, -0.2) is 52.6 Å². The first kappa shape index (κ1) is 14.8. The smallest absolute Gasteiger partial charge is 0.417 e. The molecule has 1 aliphatic rings. The number of carbonyl (C=O) groups is 1. The van der Waals surface area contributed by atoms with Crippen molar-refractivity contribution >= 4 is 27.1 Å².